The van der Waals surface area contributed by atoms with E-state index in [1.54, 1.807) is 0 Å². The van der Waals surface area contributed by atoms with Gasteiger partial charge in [0.15, 0.2) is 9.84 Å². The lowest BCUT2D eigenvalue weighted by Crippen LogP contribution is -2.30. The molecule has 0 radical (unpaired) electrons. The molecule has 1 aliphatic carbocycles. The molecule has 0 unspecified atom stereocenters. The molecule has 0 atom stereocenters. The molecular formula is C22H24O4S. The van der Waals surface area contributed by atoms with Gasteiger partial charge >= 0.3 is 0 Å². The zero-order chi connectivity index (χ0) is 19.0. The van der Waals surface area contributed by atoms with Gasteiger partial charge in [0.05, 0.1) is 11.5 Å². The highest BCUT2D eigenvalue weighted by Gasteiger charge is 2.25. The minimum atomic E-state index is -2.88. The Kier molecular flexibility index (Phi) is 4.81. The predicted octanol–water partition coefficient (Wildman–Crippen LogP) is 3.92. The SMILES string of the molecule is Cc1cc(OC2CCS(=O)(=O)CC2)cc2c1-c1cc(C=O)ccc1CCC2. The van der Waals surface area contributed by atoms with Crippen molar-refractivity contribution in [1.29, 1.82) is 0 Å². The van der Waals surface area contributed by atoms with Crippen molar-refractivity contribution in [3.05, 3.63) is 52.6 Å². The highest BCUT2D eigenvalue weighted by molar-refractivity contribution is 7.91. The third-order valence-corrected chi connectivity index (χ3v) is 7.34. The van der Waals surface area contributed by atoms with Gasteiger partial charge in [-0.1, -0.05) is 12.1 Å². The van der Waals surface area contributed by atoms with E-state index in [0.29, 0.717) is 18.4 Å². The summed E-state index contributed by atoms with van der Waals surface area (Å²) < 4.78 is 29.4. The van der Waals surface area contributed by atoms with Crippen LogP contribution in [0.15, 0.2) is 30.3 Å². The van der Waals surface area contributed by atoms with E-state index < -0.39 is 9.84 Å². The van der Waals surface area contributed by atoms with E-state index in [0.717, 1.165) is 42.4 Å². The Morgan fingerprint density at radius 3 is 2.52 bits per heavy atom. The molecule has 2 aromatic rings. The van der Waals surface area contributed by atoms with Crippen LogP contribution in [0.5, 0.6) is 5.75 Å². The third kappa shape index (κ3) is 3.79. The van der Waals surface area contributed by atoms with Crippen LogP contribution in [0.2, 0.25) is 0 Å². The van der Waals surface area contributed by atoms with Gasteiger partial charge in [-0.15, -0.1) is 0 Å². The second-order valence-electron chi connectivity index (χ2n) is 7.63. The predicted molar refractivity (Wildman–Crippen MR) is 106 cm³/mol. The minimum absolute atomic E-state index is 0.0364. The van der Waals surface area contributed by atoms with E-state index in [1.807, 2.05) is 18.2 Å². The lowest BCUT2D eigenvalue weighted by atomic mass is 9.91. The summed E-state index contributed by atoms with van der Waals surface area (Å²) in [5.41, 5.74) is 6.73. The molecular weight excluding hydrogens is 360 g/mol. The fourth-order valence-corrected chi connectivity index (χ4v) is 5.69. The average Bonchev–Trinajstić information content (AvgIpc) is 2.82. The van der Waals surface area contributed by atoms with E-state index in [4.69, 9.17) is 4.74 Å². The van der Waals surface area contributed by atoms with Gasteiger partial charge in [0.2, 0.25) is 0 Å². The number of hydrogen-bond donors (Lipinski definition) is 0. The molecule has 0 N–H and O–H groups in total. The second-order valence-corrected chi connectivity index (χ2v) is 9.93. The summed E-state index contributed by atoms with van der Waals surface area (Å²) in [6, 6.07) is 10.1. The average molecular weight is 384 g/mol. The molecule has 1 heterocycles. The Morgan fingerprint density at radius 2 is 1.78 bits per heavy atom. The maximum Gasteiger partial charge on any atom is 0.150 e. The van der Waals surface area contributed by atoms with Crippen molar-refractivity contribution in [2.45, 2.75) is 45.1 Å². The van der Waals surface area contributed by atoms with Crippen LogP contribution in [0, 0.1) is 6.92 Å². The number of carbonyl (C=O) groups excluding carboxylic acids is 1. The first-order valence-electron chi connectivity index (χ1n) is 9.54. The van der Waals surface area contributed by atoms with Crippen LogP contribution in [0.25, 0.3) is 11.1 Å². The highest BCUT2D eigenvalue weighted by Crippen LogP contribution is 2.38. The zero-order valence-electron chi connectivity index (χ0n) is 15.5. The molecule has 5 heteroatoms. The van der Waals surface area contributed by atoms with E-state index in [-0.39, 0.29) is 17.6 Å². The highest BCUT2D eigenvalue weighted by atomic mass is 32.2. The van der Waals surface area contributed by atoms with Crippen LogP contribution in [0.1, 0.15) is 46.3 Å². The van der Waals surface area contributed by atoms with Gasteiger partial charge in [-0.3, -0.25) is 4.79 Å². The van der Waals surface area contributed by atoms with Crippen molar-refractivity contribution in [3.63, 3.8) is 0 Å². The topological polar surface area (TPSA) is 60.4 Å². The molecule has 2 aliphatic rings. The fraction of sp³-hybridized carbons (Fsp3) is 0.409. The number of hydrogen-bond acceptors (Lipinski definition) is 4. The Morgan fingerprint density at radius 1 is 1.04 bits per heavy atom. The summed E-state index contributed by atoms with van der Waals surface area (Å²) in [7, 11) is -2.88. The Labute approximate surface area is 160 Å². The number of ether oxygens (including phenoxy) is 1. The molecule has 1 saturated heterocycles. The first-order chi connectivity index (χ1) is 12.9. The molecule has 4 nitrogen and oxygen atoms in total. The molecule has 0 bridgehead atoms. The first-order valence-corrected chi connectivity index (χ1v) is 11.4. The summed E-state index contributed by atoms with van der Waals surface area (Å²) >= 11 is 0. The van der Waals surface area contributed by atoms with E-state index in [2.05, 4.69) is 19.1 Å². The van der Waals surface area contributed by atoms with Gasteiger partial charge in [0.1, 0.15) is 18.1 Å². The molecule has 0 saturated carbocycles. The Balaban J connectivity index is 1.67. The molecule has 1 fully saturated rings. The van der Waals surface area contributed by atoms with Gasteiger partial charge in [-0.25, -0.2) is 8.42 Å². The molecule has 1 aliphatic heterocycles. The second kappa shape index (κ2) is 7.12. The smallest absolute Gasteiger partial charge is 0.150 e. The maximum atomic E-state index is 11.6. The molecule has 4 rings (SSSR count). The normalized spacial score (nSPS) is 18.9. The minimum Gasteiger partial charge on any atom is -0.490 e. The summed E-state index contributed by atoms with van der Waals surface area (Å²) in [5.74, 6) is 1.25. The zero-order valence-corrected chi connectivity index (χ0v) is 16.3. The quantitative estimate of drug-likeness (QED) is 0.753. The van der Waals surface area contributed by atoms with Crippen molar-refractivity contribution in [3.8, 4) is 16.9 Å². The summed E-state index contributed by atoms with van der Waals surface area (Å²) in [5, 5.41) is 0. The number of aldehydes is 1. The van der Waals surface area contributed by atoms with Gasteiger partial charge in [0.25, 0.3) is 0 Å². The molecule has 0 amide bonds. The monoisotopic (exact) mass is 384 g/mol. The number of sulfone groups is 1. The Bertz CT molecular complexity index is 978. The van der Waals surface area contributed by atoms with E-state index >= 15 is 0 Å². The maximum absolute atomic E-state index is 11.6. The molecule has 0 aromatic heterocycles. The molecule has 27 heavy (non-hydrogen) atoms. The molecule has 142 valence electrons. The third-order valence-electron chi connectivity index (χ3n) is 5.63. The van der Waals surface area contributed by atoms with Gasteiger partial charge in [-0.05, 0) is 85.0 Å². The number of aryl methyl sites for hydroxylation is 3. The summed E-state index contributed by atoms with van der Waals surface area (Å²) in [6.45, 7) is 2.08. The van der Waals surface area contributed by atoms with Crippen molar-refractivity contribution in [2.24, 2.45) is 0 Å². The molecule has 2 aromatic carbocycles. The van der Waals surface area contributed by atoms with Crippen LogP contribution in [0.4, 0.5) is 0 Å². The van der Waals surface area contributed by atoms with Crippen LogP contribution in [-0.4, -0.2) is 32.3 Å². The van der Waals surface area contributed by atoms with Crippen LogP contribution < -0.4 is 4.74 Å². The van der Waals surface area contributed by atoms with Crippen molar-refractivity contribution < 1.29 is 17.9 Å². The van der Waals surface area contributed by atoms with Crippen molar-refractivity contribution >= 4 is 16.1 Å². The number of rotatable bonds is 3. The van der Waals surface area contributed by atoms with Crippen LogP contribution in [-0.2, 0) is 22.7 Å². The van der Waals surface area contributed by atoms with Gasteiger partial charge < -0.3 is 4.74 Å². The van der Waals surface area contributed by atoms with E-state index in [9.17, 15) is 13.2 Å². The lowest BCUT2D eigenvalue weighted by molar-refractivity contribution is 0.112. The van der Waals surface area contributed by atoms with Crippen molar-refractivity contribution in [1.82, 2.24) is 0 Å². The summed E-state index contributed by atoms with van der Waals surface area (Å²) in [6.07, 6.45) is 5.01. The van der Waals surface area contributed by atoms with Gasteiger partial charge in [0, 0.05) is 5.56 Å². The number of carbonyl (C=O) groups is 1. The largest absolute Gasteiger partial charge is 0.490 e. The van der Waals surface area contributed by atoms with Crippen molar-refractivity contribution in [2.75, 3.05) is 11.5 Å². The standard InChI is InChI=1S/C22H24O4S/c1-15-11-20(26-19-7-9-27(24,25)10-8-19)13-18-4-2-3-17-6-5-16(14-23)12-21(17)22(15)18/h5-6,11-14,19H,2-4,7-10H2,1H3. The van der Waals surface area contributed by atoms with E-state index in [1.165, 1.54) is 16.7 Å². The number of fused-ring (bicyclic) bond motifs is 3. The Hall–Kier alpha value is -2.14. The molecule has 0 spiro atoms. The fourth-order valence-electron chi connectivity index (χ4n) is 4.24. The van der Waals surface area contributed by atoms with Crippen LogP contribution in [0.3, 0.4) is 0 Å². The first kappa shape index (κ1) is 18.2. The lowest BCUT2D eigenvalue weighted by Gasteiger charge is -2.24. The number of benzene rings is 2. The van der Waals surface area contributed by atoms with Gasteiger partial charge in [-0.2, -0.15) is 0 Å². The summed E-state index contributed by atoms with van der Waals surface area (Å²) in [4.78, 5) is 11.2. The van der Waals surface area contributed by atoms with Crippen LogP contribution >= 0.6 is 0 Å².